The Bertz CT molecular complexity index is 933. The molecule has 6 heteroatoms. The van der Waals surface area contributed by atoms with Crippen LogP contribution in [0.5, 0.6) is 11.5 Å². The van der Waals surface area contributed by atoms with E-state index < -0.39 is 6.10 Å². The first-order chi connectivity index (χ1) is 14.1. The molecule has 0 saturated carbocycles. The molecule has 1 aliphatic rings. The summed E-state index contributed by atoms with van der Waals surface area (Å²) in [7, 11) is 1.69. The summed E-state index contributed by atoms with van der Waals surface area (Å²) in [6, 6.07) is 12.0. The van der Waals surface area contributed by atoms with Crippen molar-refractivity contribution in [1.29, 1.82) is 0 Å². The molecule has 0 radical (unpaired) electrons. The van der Waals surface area contributed by atoms with E-state index in [9.17, 15) is 9.50 Å². The molecule has 154 valence electrons. The van der Waals surface area contributed by atoms with Gasteiger partial charge < -0.3 is 24.5 Å². The summed E-state index contributed by atoms with van der Waals surface area (Å²) in [6.07, 6.45) is 3.65. The Balaban J connectivity index is 1.28. The van der Waals surface area contributed by atoms with Gasteiger partial charge in [0.15, 0.2) is 0 Å². The molecule has 2 aromatic carbocycles. The SMILES string of the molecule is COc1ccc2[nH]cc(C3CCN(C[C@H](O)COc4ccc(F)cc4)CC3)c2c1. The minimum absolute atomic E-state index is 0.202. The molecule has 2 N–H and O–H groups in total. The van der Waals surface area contributed by atoms with Gasteiger partial charge in [-0.15, -0.1) is 0 Å². The molecule has 2 heterocycles. The average Bonchev–Trinajstić information content (AvgIpc) is 3.17. The zero-order valence-corrected chi connectivity index (χ0v) is 16.6. The number of halogens is 1. The van der Waals surface area contributed by atoms with Crippen molar-refractivity contribution < 1.29 is 19.0 Å². The minimum atomic E-state index is -0.575. The number of benzene rings is 2. The molecule has 29 heavy (non-hydrogen) atoms. The van der Waals surface area contributed by atoms with Crippen LogP contribution in [0.3, 0.4) is 0 Å². The Hall–Kier alpha value is -2.57. The van der Waals surface area contributed by atoms with Crippen molar-refractivity contribution in [3.63, 3.8) is 0 Å². The Morgan fingerprint density at radius 1 is 1.14 bits per heavy atom. The fourth-order valence-electron chi connectivity index (χ4n) is 4.09. The Morgan fingerprint density at radius 3 is 2.59 bits per heavy atom. The van der Waals surface area contributed by atoms with Crippen LogP contribution in [0.2, 0.25) is 0 Å². The zero-order valence-electron chi connectivity index (χ0n) is 16.6. The molecule has 5 nitrogen and oxygen atoms in total. The van der Waals surface area contributed by atoms with Gasteiger partial charge in [0.2, 0.25) is 0 Å². The zero-order chi connectivity index (χ0) is 20.2. The number of aromatic nitrogens is 1. The van der Waals surface area contributed by atoms with Gasteiger partial charge in [0, 0.05) is 23.6 Å². The molecule has 4 rings (SSSR count). The highest BCUT2D eigenvalue weighted by Gasteiger charge is 2.24. The smallest absolute Gasteiger partial charge is 0.123 e. The van der Waals surface area contributed by atoms with Crippen LogP contribution in [0.4, 0.5) is 4.39 Å². The lowest BCUT2D eigenvalue weighted by atomic mass is 9.89. The second-order valence-corrected chi connectivity index (χ2v) is 7.65. The van der Waals surface area contributed by atoms with E-state index in [1.165, 1.54) is 23.1 Å². The monoisotopic (exact) mass is 398 g/mol. The Labute approximate surface area is 170 Å². The number of aromatic amines is 1. The maximum atomic E-state index is 12.9. The van der Waals surface area contributed by atoms with Crippen LogP contribution in [-0.4, -0.2) is 54.4 Å². The van der Waals surface area contributed by atoms with Crippen LogP contribution >= 0.6 is 0 Å². The van der Waals surface area contributed by atoms with Gasteiger partial charge in [-0.05, 0) is 79.9 Å². The normalized spacial score (nSPS) is 16.8. The molecule has 0 bridgehead atoms. The maximum Gasteiger partial charge on any atom is 0.123 e. The Morgan fingerprint density at radius 2 is 1.86 bits per heavy atom. The number of aliphatic hydroxyl groups is 1. The minimum Gasteiger partial charge on any atom is -0.497 e. The van der Waals surface area contributed by atoms with E-state index in [0.717, 1.165) is 37.2 Å². The van der Waals surface area contributed by atoms with Crippen molar-refractivity contribution in [3.05, 3.63) is 60.0 Å². The number of nitrogens with one attached hydrogen (secondary N) is 1. The van der Waals surface area contributed by atoms with Gasteiger partial charge in [-0.2, -0.15) is 0 Å². The number of hydrogen-bond acceptors (Lipinski definition) is 4. The molecule has 1 aromatic heterocycles. The van der Waals surface area contributed by atoms with Crippen molar-refractivity contribution in [2.45, 2.75) is 24.9 Å². The molecule has 0 spiro atoms. The molecule has 1 saturated heterocycles. The van der Waals surface area contributed by atoms with Crippen LogP contribution in [0, 0.1) is 5.82 Å². The van der Waals surface area contributed by atoms with Crippen molar-refractivity contribution in [1.82, 2.24) is 9.88 Å². The van der Waals surface area contributed by atoms with Crippen LogP contribution in [0.15, 0.2) is 48.7 Å². The highest BCUT2D eigenvalue weighted by atomic mass is 19.1. The number of fused-ring (bicyclic) bond motifs is 1. The number of piperidine rings is 1. The first kappa shape index (κ1) is 19.7. The molecule has 0 unspecified atom stereocenters. The highest BCUT2D eigenvalue weighted by Crippen LogP contribution is 2.34. The second kappa shape index (κ2) is 8.84. The van der Waals surface area contributed by atoms with Crippen molar-refractivity contribution >= 4 is 10.9 Å². The average molecular weight is 398 g/mol. The summed E-state index contributed by atoms with van der Waals surface area (Å²) >= 11 is 0. The maximum absolute atomic E-state index is 12.9. The summed E-state index contributed by atoms with van der Waals surface area (Å²) < 4.78 is 23.9. The van der Waals surface area contributed by atoms with Crippen molar-refractivity contribution in [3.8, 4) is 11.5 Å². The number of ether oxygens (including phenoxy) is 2. The van der Waals surface area contributed by atoms with E-state index in [4.69, 9.17) is 9.47 Å². The van der Waals surface area contributed by atoms with Crippen molar-refractivity contribution in [2.75, 3.05) is 33.4 Å². The van der Waals surface area contributed by atoms with Gasteiger partial charge in [-0.1, -0.05) is 0 Å². The molecular weight excluding hydrogens is 371 g/mol. The van der Waals surface area contributed by atoms with E-state index in [1.807, 2.05) is 6.07 Å². The van der Waals surface area contributed by atoms with Gasteiger partial charge in [-0.3, -0.25) is 0 Å². The number of nitrogens with zero attached hydrogens (tertiary/aromatic N) is 1. The second-order valence-electron chi connectivity index (χ2n) is 7.65. The third kappa shape index (κ3) is 4.71. The first-order valence-corrected chi connectivity index (χ1v) is 10.1. The van der Waals surface area contributed by atoms with E-state index in [0.29, 0.717) is 18.2 Å². The van der Waals surface area contributed by atoms with Gasteiger partial charge in [0.25, 0.3) is 0 Å². The lowest BCUT2D eigenvalue weighted by Crippen LogP contribution is -2.40. The number of aliphatic hydroxyl groups excluding tert-OH is 1. The lowest BCUT2D eigenvalue weighted by Gasteiger charge is -2.33. The molecular formula is C23H27FN2O3. The van der Waals surface area contributed by atoms with Crippen LogP contribution in [0.25, 0.3) is 10.9 Å². The number of rotatable bonds is 7. The summed E-state index contributed by atoms with van der Waals surface area (Å²) in [6.45, 7) is 2.66. The van der Waals surface area contributed by atoms with Crippen LogP contribution in [-0.2, 0) is 0 Å². The number of likely N-dealkylation sites (tertiary alicyclic amines) is 1. The number of hydrogen-bond donors (Lipinski definition) is 2. The molecule has 0 aliphatic carbocycles. The van der Waals surface area contributed by atoms with Crippen LogP contribution in [0.1, 0.15) is 24.3 Å². The largest absolute Gasteiger partial charge is 0.497 e. The molecule has 0 amide bonds. The summed E-state index contributed by atoms with van der Waals surface area (Å²) in [5, 5.41) is 11.5. The topological polar surface area (TPSA) is 57.7 Å². The molecule has 1 fully saturated rings. The molecule has 1 atom stereocenters. The predicted molar refractivity (Wildman–Crippen MR) is 111 cm³/mol. The van der Waals surface area contributed by atoms with Gasteiger partial charge in [-0.25, -0.2) is 4.39 Å². The van der Waals surface area contributed by atoms with E-state index in [1.54, 1.807) is 19.2 Å². The number of H-pyrrole nitrogens is 1. The summed E-state index contributed by atoms with van der Waals surface area (Å²) in [5.41, 5.74) is 2.48. The third-order valence-corrected chi connectivity index (χ3v) is 5.67. The van der Waals surface area contributed by atoms with Crippen LogP contribution < -0.4 is 9.47 Å². The van der Waals surface area contributed by atoms with E-state index >= 15 is 0 Å². The highest BCUT2D eigenvalue weighted by molar-refractivity contribution is 5.85. The van der Waals surface area contributed by atoms with E-state index in [2.05, 4.69) is 28.2 Å². The van der Waals surface area contributed by atoms with Gasteiger partial charge in [0.1, 0.15) is 30.0 Å². The third-order valence-electron chi connectivity index (χ3n) is 5.67. The number of methoxy groups -OCH3 is 1. The van der Waals surface area contributed by atoms with Gasteiger partial charge >= 0.3 is 0 Å². The fourth-order valence-corrected chi connectivity index (χ4v) is 4.09. The van der Waals surface area contributed by atoms with Gasteiger partial charge in [0.05, 0.1) is 7.11 Å². The van der Waals surface area contributed by atoms with Crippen molar-refractivity contribution in [2.24, 2.45) is 0 Å². The summed E-state index contributed by atoms with van der Waals surface area (Å²) in [4.78, 5) is 5.65. The quantitative estimate of drug-likeness (QED) is 0.633. The number of β-amino-alcohol motifs (C(OH)–C–C–N with tert-alkyl or cyclic N) is 1. The van der Waals surface area contributed by atoms with E-state index in [-0.39, 0.29) is 12.4 Å². The first-order valence-electron chi connectivity index (χ1n) is 10.1. The lowest BCUT2D eigenvalue weighted by molar-refractivity contribution is 0.0594. The predicted octanol–water partition coefficient (Wildman–Crippen LogP) is 3.93. The standard InChI is InChI=1S/C23H27FN2O3/c1-28-20-6-7-23-21(12-20)22(13-25-23)16-8-10-26(11-9-16)14-18(27)15-29-19-4-2-17(24)3-5-19/h2-7,12-13,16,18,25,27H,8-11,14-15H2,1H3/t18-/m0/s1. The molecule has 1 aliphatic heterocycles. The molecule has 3 aromatic rings. The summed E-state index contributed by atoms with van der Waals surface area (Å²) in [5.74, 6) is 1.65. The Kier molecular flexibility index (Phi) is 6.02. The fraction of sp³-hybridized carbons (Fsp3) is 0.391.